The highest BCUT2D eigenvalue weighted by atomic mass is 32.2. The van der Waals surface area contributed by atoms with Crippen LogP contribution in [-0.2, 0) is 10.0 Å². The van der Waals surface area contributed by atoms with Gasteiger partial charge in [-0.2, -0.15) is 0 Å². The predicted octanol–water partition coefficient (Wildman–Crippen LogP) is 0.462. The highest BCUT2D eigenvalue weighted by molar-refractivity contribution is 7.89. The average Bonchev–Trinajstić information content (AvgIpc) is 2.24. The molecular formula is C11H16N2O3S. The van der Waals surface area contributed by atoms with Crippen molar-refractivity contribution >= 4 is 15.7 Å². The second-order valence-corrected chi connectivity index (χ2v) is 6.09. The number of aliphatic hydroxyl groups is 1. The van der Waals surface area contributed by atoms with Crippen LogP contribution in [0.1, 0.15) is 19.3 Å². The van der Waals surface area contributed by atoms with Crippen molar-refractivity contribution in [2.24, 2.45) is 0 Å². The zero-order valence-corrected chi connectivity index (χ0v) is 10.2. The highest BCUT2D eigenvalue weighted by Gasteiger charge is 2.40. The first-order valence-corrected chi connectivity index (χ1v) is 6.97. The van der Waals surface area contributed by atoms with E-state index >= 15 is 0 Å². The molecule has 2 rings (SSSR count). The van der Waals surface area contributed by atoms with E-state index in [2.05, 4.69) is 4.72 Å². The Kier molecular flexibility index (Phi) is 3.11. The minimum Gasteiger partial charge on any atom is -0.398 e. The summed E-state index contributed by atoms with van der Waals surface area (Å²) in [4.78, 5) is 0.0692. The summed E-state index contributed by atoms with van der Waals surface area (Å²) in [5, 5.41) is 9.26. The zero-order valence-electron chi connectivity index (χ0n) is 9.39. The predicted molar refractivity (Wildman–Crippen MR) is 64.8 cm³/mol. The molecule has 1 aliphatic rings. The fourth-order valence-corrected chi connectivity index (χ4v) is 3.55. The van der Waals surface area contributed by atoms with Crippen LogP contribution in [0, 0.1) is 0 Å². The highest BCUT2D eigenvalue weighted by Crippen LogP contribution is 2.33. The van der Waals surface area contributed by atoms with Crippen LogP contribution < -0.4 is 10.5 Å². The van der Waals surface area contributed by atoms with Crippen molar-refractivity contribution < 1.29 is 13.5 Å². The molecule has 17 heavy (non-hydrogen) atoms. The summed E-state index contributed by atoms with van der Waals surface area (Å²) >= 11 is 0. The molecule has 0 heterocycles. The van der Waals surface area contributed by atoms with E-state index in [9.17, 15) is 13.5 Å². The number of sulfonamides is 1. The lowest BCUT2D eigenvalue weighted by Crippen LogP contribution is -2.56. The van der Waals surface area contributed by atoms with E-state index in [1.54, 1.807) is 18.2 Å². The molecule has 0 amide bonds. The molecule has 0 radical (unpaired) electrons. The maximum atomic E-state index is 12.1. The normalized spacial score (nSPS) is 18.6. The molecule has 0 spiro atoms. The molecule has 1 saturated carbocycles. The van der Waals surface area contributed by atoms with Gasteiger partial charge >= 0.3 is 0 Å². The topological polar surface area (TPSA) is 92.4 Å². The van der Waals surface area contributed by atoms with Gasteiger partial charge in [-0.1, -0.05) is 12.1 Å². The lowest BCUT2D eigenvalue weighted by atomic mass is 9.78. The lowest BCUT2D eigenvalue weighted by Gasteiger charge is -2.40. The number of nitrogens with two attached hydrogens (primary N) is 1. The van der Waals surface area contributed by atoms with Gasteiger partial charge in [0, 0.05) is 0 Å². The van der Waals surface area contributed by atoms with Crippen LogP contribution in [0.15, 0.2) is 29.2 Å². The SMILES string of the molecule is Nc1ccccc1S(=O)(=O)NC1(CO)CCC1. The maximum Gasteiger partial charge on any atom is 0.243 e. The van der Waals surface area contributed by atoms with Crippen LogP contribution in [0.4, 0.5) is 5.69 Å². The number of aliphatic hydroxyl groups excluding tert-OH is 1. The Morgan fingerprint density at radius 2 is 2.00 bits per heavy atom. The summed E-state index contributed by atoms with van der Waals surface area (Å²) in [5.74, 6) is 0. The summed E-state index contributed by atoms with van der Waals surface area (Å²) < 4.78 is 26.8. The molecule has 0 saturated heterocycles. The van der Waals surface area contributed by atoms with Crippen molar-refractivity contribution in [1.29, 1.82) is 0 Å². The van der Waals surface area contributed by atoms with Gasteiger partial charge < -0.3 is 10.8 Å². The van der Waals surface area contributed by atoms with E-state index in [0.29, 0.717) is 12.8 Å². The fraction of sp³-hybridized carbons (Fsp3) is 0.455. The third-order valence-corrected chi connectivity index (χ3v) is 4.83. The molecule has 6 heteroatoms. The van der Waals surface area contributed by atoms with Crippen molar-refractivity contribution in [3.05, 3.63) is 24.3 Å². The smallest absolute Gasteiger partial charge is 0.243 e. The van der Waals surface area contributed by atoms with E-state index in [-0.39, 0.29) is 17.2 Å². The van der Waals surface area contributed by atoms with E-state index in [1.165, 1.54) is 6.07 Å². The third-order valence-electron chi connectivity index (χ3n) is 3.17. The van der Waals surface area contributed by atoms with Crippen molar-refractivity contribution in [3.8, 4) is 0 Å². The Morgan fingerprint density at radius 1 is 1.35 bits per heavy atom. The lowest BCUT2D eigenvalue weighted by molar-refractivity contribution is 0.110. The zero-order chi connectivity index (χ0) is 12.5. The van der Waals surface area contributed by atoms with E-state index in [0.717, 1.165) is 6.42 Å². The molecule has 5 nitrogen and oxygen atoms in total. The van der Waals surface area contributed by atoms with Crippen LogP contribution >= 0.6 is 0 Å². The standard InChI is InChI=1S/C11H16N2O3S/c12-9-4-1-2-5-10(9)17(15,16)13-11(8-14)6-3-7-11/h1-2,4-5,13-14H,3,6-8,12H2. The second kappa shape index (κ2) is 4.29. The molecule has 0 aromatic heterocycles. The van der Waals surface area contributed by atoms with Crippen molar-refractivity contribution in [2.45, 2.75) is 29.7 Å². The van der Waals surface area contributed by atoms with Crippen molar-refractivity contribution in [2.75, 3.05) is 12.3 Å². The molecule has 0 atom stereocenters. The molecular weight excluding hydrogens is 240 g/mol. The van der Waals surface area contributed by atoms with Gasteiger partial charge in [0.25, 0.3) is 0 Å². The van der Waals surface area contributed by atoms with Gasteiger partial charge in [-0.05, 0) is 31.4 Å². The Bertz CT molecular complexity index is 504. The van der Waals surface area contributed by atoms with Gasteiger partial charge in [0.1, 0.15) is 4.90 Å². The number of nitrogens with one attached hydrogen (secondary N) is 1. The van der Waals surface area contributed by atoms with Crippen LogP contribution in [0.25, 0.3) is 0 Å². The Labute approximate surface area is 101 Å². The van der Waals surface area contributed by atoms with Crippen LogP contribution in [0.5, 0.6) is 0 Å². The Hall–Kier alpha value is -1.11. The summed E-state index contributed by atoms with van der Waals surface area (Å²) in [6.45, 7) is -0.182. The van der Waals surface area contributed by atoms with Gasteiger partial charge in [0.05, 0.1) is 17.8 Å². The summed E-state index contributed by atoms with van der Waals surface area (Å²) in [6.07, 6.45) is 2.25. The van der Waals surface area contributed by atoms with Crippen molar-refractivity contribution in [3.63, 3.8) is 0 Å². The largest absolute Gasteiger partial charge is 0.398 e. The van der Waals surface area contributed by atoms with Crippen LogP contribution in [-0.4, -0.2) is 25.7 Å². The maximum absolute atomic E-state index is 12.1. The number of hydrogen-bond donors (Lipinski definition) is 3. The molecule has 94 valence electrons. The monoisotopic (exact) mass is 256 g/mol. The number of rotatable bonds is 4. The molecule has 1 fully saturated rings. The summed E-state index contributed by atoms with van der Waals surface area (Å²) in [5.41, 5.74) is 5.17. The number of anilines is 1. The molecule has 0 bridgehead atoms. The third kappa shape index (κ3) is 2.29. The number of para-hydroxylation sites is 1. The average molecular weight is 256 g/mol. The quantitative estimate of drug-likeness (QED) is 0.682. The summed E-state index contributed by atoms with van der Waals surface area (Å²) in [6, 6.07) is 6.30. The minimum atomic E-state index is -3.66. The van der Waals surface area contributed by atoms with E-state index in [4.69, 9.17) is 5.73 Å². The van der Waals surface area contributed by atoms with Gasteiger partial charge in [-0.15, -0.1) is 0 Å². The van der Waals surface area contributed by atoms with Gasteiger partial charge in [0.15, 0.2) is 0 Å². The van der Waals surface area contributed by atoms with Crippen LogP contribution in [0.2, 0.25) is 0 Å². The number of nitrogen functional groups attached to an aromatic ring is 1. The molecule has 1 aliphatic carbocycles. The molecule has 1 aromatic carbocycles. The number of benzene rings is 1. The minimum absolute atomic E-state index is 0.0692. The molecule has 0 unspecified atom stereocenters. The first-order chi connectivity index (χ1) is 7.99. The Morgan fingerprint density at radius 3 is 2.47 bits per heavy atom. The van der Waals surface area contributed by atoms with E-state index < -0.39 is 15.6 Å². The fourth-order valence-electron chi connectivity index (χ4n) is 1.96. The van der Waals surface area contributed by atoms with Crippen LogP contribution in [0.3, 0.4) is 0 Å². The summed E-state index contributed by atoms with van der Waals surface area (Å²) in [7, 11) is -3.66. The van der Waals surface area contributed by atoms with Gasteiger partial charge in [-0.25, -0.2) is 13.1 Å². The molecule has 1 aromatic rings. The van der Waals surface area contributed by atoms with Crippen molar-refractivity contribution in [1.82, 2.24) is 4.72 Å². The van der Waals surface area contributed by atoms with E-state index in [1.807, 2.05) is 0 Å². The van der Waals surface area contributed by atoms with Gasteiger partial charge in [-0.3, -0.25) is 0 Å². The molecule has 0 aliphatic heterocycles. The molecule has 4 N–H and O–H groups in total. The van der Waals surface area contributed by atoms with Gasteiger partial charge in [0.2, 0.25) is 10.0 Å². The second-order valence-electron chi connectivity index (χ2n) is 4.44. The Balaban J connectivity index is 2.29. The number of hydrogen-bond acceptors (Lipinski definition) is 4. The first kappa shape index (κ1) is 12.3. The first-order valence-electron chi connectivity index (χ1n) is 5.48.